The second-order valence-corrected chi connectivity index (χ2v) is 5.79. The summed E-state index contributed by atoms with van der Waals surface area (Å²) in [6, 6.07) is 9.92. The van der Waals surface area contributed by atoms with Crippen molar-refractivity contribution in [3.63, 3.8) is 0 Å². The molecule has 1 saturated carbocycles. The van der Waals surface area contributed by atoms with E-state index in [9.17, 15) is 9.59 Å². The smallest absolute Gasteiger partial charge is 0.278 e. The predicted octanol–water partition coefficient (Wildman–Crippen LogP) is -0.515. The average molecular weight is 290 g/mol. The van der Waals surface area contributed by atoms with E-state index in [-0.39, 0.29) is 17.9 Å². The highest BCUT2D eigenvalue weighted by atomic mass is 16.2. The summed E-state index contributed by atoms with van der Waals surface area (Å²) < 4.78 is 0. The molecule has 3 N–H and O–H groups in total. The van der Waals surface area contributed by atoms with Gasteiger partial charge in [-0.2, -0.15) is 0 Å². The Labute approximate surface area is 125 Å². The fourth-order valence-electron chi connectivity index (χ4n) is 2.07. The van der Waals surface area contributed by atoms with E-state index in [0.29, 0.717) is 19.1 Å². The van der Waals surface area contributed by atoms with Gasteiger partial charge in [0.2, 0.25) is 0 Å². The summed E-state index contributed by atoms with van der Waals surface area (Å²) >= 11 is 0. The number of carbonyl (C=O) groups is 2. The third-order valence-corrected chi connectivity index (χ3v) is 3.82. The first-order valence-corrected chi connectivity index (χ1v) is 7.49. The van der Waals surface area contributed by atoms with Crippen LogP contribution in [0.2, 0.25) is 0 Å². The van der Waals surface area contributed by atoms with Crippen molar-refractivity contribution in [1.29, 1.82) is 0 Å². The molecule has 2 atom stereocenters. The van der Waals surface area contributed by atoms with Gasteiger partial charge in [0.15, 0.2) is 12.6 Å². The molecule has 1 aliphatic rings. The van der Waals surface area contributed by atoms with Gasteiger partial charge in [0.1, 0.15) is 0 Å². The van der Waals surface area contributed by atoms with E-state index >= 15 is 0 Å². The quantitative estimate of drug-likeness (QED) is 0.633. The van der Waals surface area contributed by atoms with Gasteiger partial charge in [0, 0.05) is 12.6 Å². The fourth-order valence-corrected chi connectivity index (χ4v) is 2.07. The number of amides is 2. The summed E-state index contributed by atoms with van der Waals surface area (Å²) in [7, 11) is 1.87. The van der Waals surface area contributed by atoms with Gasteiger partial charge in [-0.15, -0.1) is 0 Å². The number of quaternary nitrogens is 1. The molecule has 0 heterocycles. The number of hydrogen-bond donors (Lipinski definition) is 3. The zero-order chi connectivity index (χ0) is 15.2. The van der Waals surface area contributed by atoms with Crippen molar-refractivity contribution in [2.24, 2.45) is 0 Å². The van der Waals surface area contributed by atoms with Crippen molar-refractivity contribution in [2.45, 2.75) is 38.4 Å². The van der Waals surface area contributed by atoms with E-state index in [1.54, 1.807) is 0 Å². The van der Waals surface area contributed by atoms with E-state index < -0.39 is 0 Å². The van der Waals surface area contributed by atoms with Crippen LogP contribution in [0.25, 0.3) is 0 Å². The Hall–Kier alpha value is -1.88. The van der Waals surface area contributed by atoms with Crippen LogP contribution >= 0.6 is 0 Å². The number of carbonyl (C=O) groups excluding carboxylic acids is 2. The maximum absolute atomic E-state index is 12.1. The molecule has 1 unspecified atom stereocenters. The molecule has 2 amide bonds. The molecule has 2 rings (SSSR count). The lowest BCUT2D eigenvalue weighted by Crippen LogP contribution is -3.15. The van der Waals surface area contributed by atoms with Gasteiger partial charge in [0.05, 0.1) is 7.05 Å². The van der Waals surface area contributed by atoms with E-state index in [4.69, 9.17) is 0 Å². The Morgan fingerprint density at radius 3 is 2.57 bits per heavy atom. The molecule has 0 aliphatic heterocycles. The molecule has 0 bridgehead atoms. The summed E-state index contributed by atoms with van der Waals surface area (Å²) in [6.45, 7) is 2.70. The third kappa shape index (κ3) is 5.19. The van der Waals surface area contributed by atoms with Gasteiger partial charge in [-0.3, -0.25) is 9.59 Å². The average Bonchev–Trinajstić information content (AvgIpc) is 3.28. The van der Waals surface area contributed by atoms with Gasteiger partial charge < -0.3 is 15.5 Å². The number of nitrogens with one attached hydrogen (secondary N) is 3. The molecule has 0 aromatic heterocycles. The van der Waals surface area contributed by atoms with Gasteiger partial charge >= 0.3 is 0 Å². The number of likely N-dealkylation sites (N-methyl/N-ethyl adjacent to an activating group) is 1. The van der Waals surface area contributed by atoms with Crippen molar-refractivity contribution < 1.29 is 14.5 Å². The van der Waals surface area contributed by atoms with Crippen LogP contribution in [-0.2, 0) is 16.1 Å². The van der Waals surface area contributed by atoms with Gasteiger partial charge in [-0.25, -0.2) is 0 Å². The summed E-state index contributed by atoms with van der Waals surface area (Å²) in [4.78, 5) is 24.8. The van der Waals surface area contributed by atoms with Crippen LogP contribution in [0.4, 0.5) is 0 Å². The lowest BCUT2D eigenvalue weighted by atomic mass is 10.2. The Balaban J connectivity index is 1.73. The standard InChI is InChI=1S/C16H23N3O2/c1-12(19(2)11-15(20)18-14-8-9-14)16(21)17-10-13-6-4-3-5-7-13/h3-7,12,14H,8-11H2,1-2H3,(H,17,21)(H,18,20)/p+1/t12-/m1/s1. The highest BCUT2D eigenvalue weighted by Crippen LogP contribution is 2.17. The SMILES string of the molecule is C[C@H](C(=O)NCc1ccccc1)[NH+](C)CC(=O)NC1CC1. The molecule has 21 heavy (non-hydrogen) atoms. The Kier molecular flexibility index (Phi) is 5.33. The van der Waals surface area contributed by atoms with Crippen molar-refractivity contribution in [3.05, 3.63) is 35.9 Å². The Bertz CT molecular complexity index is 486. The molecular weight excluding hydrogens is 266 g/mol. The fraction of sp³-hybridized carbons (Fsp3) is 0.500. The van der Waals surface area contributed by atoms with Crippen LogP contribution in [0, 0.1) is 0 Å². The minimum absolute atomic E-state index is 0.0257. The van der Waals surface area contributed by atoms with E-state index in [0.717, 1.165) is 23.3 Å². The van der Waals surface area contributed by atoms with E-state index in [1.807, 2.05) is 44.3 Å². The molecule has 0 spiro atoms. The molecule has 0 radical (unpaired) electrons. The van der Waals surface area contributed by atoms with Crippen molar-refractivity contribution in [1.82, 2.24) is 10.6 Å². The van der Waals surface area contributed by atoms with Gasteiger partial charge in [-0.05, 0) is 25.3 Å². The zero-order valence-electron chi connectivity index (χ0n) is 12.7. The lowest BCUT2D eigenvalue weighted by Gasteiger charge is -2.20. The molecule has 114 valence electrons. The highest BCUT2D eigenvalue weighted by molar-refractivity contribution is 5.81. The van der Waals surface area contributed by atoms with Crippen LogP contribution < -0.4 is 15.5 Å². The van der Waals surface area contributed by atoms with Crippen LogP contribution in [0.3, 0.4) is 0 Å². The molecule has 1 aliphatic carbocycles. The molecule has 0 saturated heterocycles. The summed E-state index contributed by atoms with van der Waals surface area (Å²) in [5.74, 6) is -0.00622. The Morgan fingerprint density at radius 1 is 1.29 bits per heavy atom. The van der Waals surface area contributed by atoms with Crippen molar-refractivity contribution in [2.75, 3.05) is 13.6 Å². The molecule has 5 heteroatoms. The third-order valence-electron chi connectivity index (χ3n) is 3.82. The second kappa shape index (κ2) is 7.22. The second-order valence-electron chi connectivity index (χ2n) is 5.79. The molecule has 1 fully saturated rings. The Morgan fingerprint density at radius 2 is 1.95 bits per heavy atom. The van der Waals surface area contributed by atoms with Gasteiger partial charge in [0.25, 0.3) is 11.8 Å². The largest absolute Gasteiger partial charge is 0.348 e. The molecule has 5 nitrogen and oxygen atoms in total. The number of hydrogen-bond acceptors (Lipinski definition) is 2. The maximum Gasteiger partial charge on any atom is 0.278 e. The lowest BCUT2D eigenvalue weighted by molar-refractivity contribution is -0.886. The summed E-state index contributed by atoms with van der Waals surface area (Å²) in [6.07, 6.45) is 2.16. The first-order valence-electron chi connectivity index (χ1n) is 7.49. The predicted molar refractivity (Wildman–Crippen MR) is 80.7 cm³/mol. The van der Waals surface area contributed by atoms with Crippen LogP contribution in [0.5, 0.6) is 0 Å². The number of benzene rings is 1. The maximum atomic E-state index is 12.1. The minimum Gasteiger partial charge on any atom is -0.348 e. The highest BCUT2D eigenvalue weighted by Gasteiger charge is 2.27. The summed E-state index contributed by atoms with van der Waals surface area (Å²) in [5, 5.41) is 5.86. The first-order chi connectivity index (χ1) is 10.1. The van der Waals surface area contributed by atoms with Gasteiger partial charge in [-0.1, -0.05) is 30.3 Å². The van der Waals surface area contributed by atoms with Crippen LogP contribution in [0.1, 0.15) is 25.3 Å². The zero-order valence-corrected chi connectivity index (χ0v) is 12.7. The molecule has 1 aromatic rings. The topological polar surface area (TPSA) is 62.6 Å². The monoisotopic (exact) mass is 290 g/mol. The van der Waals surface area contributed by atoms with Crippen molar-refractivity contribution >= 4 is 11.8 Å². The molecular formula is C16H24N3O2+. The minimum atomic E-state index is -0.251. The van der Waals surface area contributed by atoms with Crippen molar-refractivity contribution in [3.8, 4) is 0 Å². The normalized spacial score (nSPS) is 16.9. The van der Waals surface area contributed by atoms with E-state index in [1.165, 1.54) is 0 Å². The van der Waals surface area contributed by atoms with E-state index in [2.05, 4.69) is 10.6 Å². The first kappa shape index (κ1) is 15.5. The summed E-state index contributed by atoms with van der Waals surface area (Å²) in [5.41, 5.74) is 1.07. The van der Waals surface area contributed by atoms with Crippen LogP contribution in [-0.4, -0.2) is 37.5 Å². The van der Waals surface area contributed by atoms with Crippen LogP contribution in [0.15, 0.2) is 30.3 Å². The molecule has 1 aromatic carbocycles. The number of rotatable bonds is 7.